The van der Waals surface area contributed by atoms with Gasteiger partial charge >= 0.3 is 0 Å². The van der Waals surface area contributed by atoms with Crippen LogP contribution in [0.4, 0.5) is 0 Å². The molecule has 0 amide bonds. The van der Waals surface area contributed by atoms with Gasteiger partial charge in [0.2, 0.25) is 10.0 Å². The Morgan fingerprint density at radius 3 is 2.11 bits per heavy atom. The first-order valence-corrected chi connectivity index (χ1v) is 6.91. The molecule has 0 aliphatic rings. The van der Waals surface area contributed by atoms with E-state index in [4.69, 9.17) is 0 Å². The van der Waals surface area contributed by atoms with E-state index in [1.54, 1.807) is 12.1 Å². The van der Waals surface area contributed by atoms with E-state index in [1.807, 2.05) is 25.5 Å². The van der Waals surface area contributed by atoms with Crippen molar-refractivity contribution in [3.05, 3.63) is 29.8 Å². The second-order valence-electron chi connectivity index (χ2n) is 4.97. The Kier molecular flexibility index (Phi) is 4.13. The molecule has 0 aliphatic heterocycles. The average Bonchev–Trinajstić information content (AvgIpc) is 2.26. The van der Waals surface area contributed by atoms with Gasteiger partial charge in [0.1, 0.15) is 0 Å². The molecule has 0 heterocycles. The van der Waals surface area contributed by atoms with Crippen LogP contribution in [-0.4, -0.2) is 20.9 Å². The molecule has 1 rings (SSSR count). The molecule has 0 saturated heterocycles. The van der Waals surface area contributed by atoms with E-state index in [2.05, 4.69) is 0 Å². The van der Waals surface area contributed by atoms with E-state index in [1.165, 1.54) is 12.1 Å². The molecule has 18 heavy (non-hydrogen) atoms. The predicted octanol–water partition coefficient (Wildman–Crippen LogP) is 0.0123. The van der Waals surface area contributed by atoms with E-state index >= 15 is 0 Å². The first kappa shape index (κ1) is 14.7. The van der Waals surface area contributed by atoms with Gasteiger partial charge in [0, 0.05) is 0 Å². The number of carbonyl (C=O) groups is 1. The van der Waals surface area contributed by atoms with Crippen LogP contribution in [0.1, 0.15) is 26.3 Å². The van der Waals surface area contributed by atoms with Crippen LogP contribution >= 0.6 is 0 Å². The highest BCUT2D eigenvalue weighted by Crippen LogP contribution is 2.23. The Hall–Kier alpha value is -1.40. The molecule has 1 aromatic rings. The molecule has 0 aliphatic carbocycles. The molecule has 0 radical (unpaired) electrons. The minimum absolute atomic E-state index is 0.0387. The van der Waals surface area contributed by atoms with Gasteiger partial charge in [-0.05, 0) is 23.1 Å². The Balaban J connectivity index is 2.95. The fraction of sp³-hybridized carbons (Fsp3) is 0.417. The Morgan fingerprint density at radius 1 is 1.22 bits per heavy atom. The van der Waals surface area contributed by atoms with Crippen molar-refractivity contribution < 1.29 is 18.3 Å². The van der Waals surface area contributed by atoms with Crippen molar-refractivity contribution >= 4 is 16.0 Å². The Labute approximate surface area is 107 Å². The monoisotopic (exact) mass is 270 g/mol. The zero-order valence-electron chi connectivity index (χ0n) is 10.6. The van der Waals surface area contributed by atoms with Gasteiger partial charge in [0.15, 0.2) is 0 Å². The van der Waals surface area contributed by atoms with Gasteiger partial charge in [-0.1, -0.05) is 32.9 Å². The van der Waals surface area contributed by atoms with Crippen LogP contribution < -0.4 is 9.83 Å². The van der Waals surface area contributed by atoms with Crippen molar-refractivity contribution in [3.8, 4) is 0 Å². The maximum absolute atomic E-state index is 11.7. The summed E-state index contributed by atoms with van der Waals surface area (Å²) in [5, 5.41) is 10.2. The minimum atomic E-state index is -3.79. The summed E-state index contributed by atoms with van der Waals surface area (Å²) in [5.74, 6) is -1.47. The molecule has 5 nitrogen and oxygen atoms in total. The number of carboxylic acids is 1. The maximum Gasteiger partial charge on any atom is 0.240 e. The summed E-state index contributed by atoms with van der Waals surface area (Å²) < 4.78 is 25.3. The number of rotatable bonds is 4. The summed E-state index contributed by atoms with van der Waals surface area (Å²) in [6.07, 6.45) is 0. The highest BCUT2D eigenvalue weighted by atomic mass is 32.2. The number of carbonyl (C=O) groups excluding carboxylic acids is 1. The van der Waals surface area contributed by atoms with Crippen LogP contribution in [0.2, 0.25) is 0 Å². The van der Waals surface area contributed by atoms with Gasteiger partial charge in [0.25, 0.3) is 0 Å². The molecule has 0 atom stereocenters. The molecule has 0 unspecified atom stereocenters. The number of nitrogens with one attached hydrogen (secondary N) is 1. The number of benzene rings is 1. The molecular formula is C12H16NO4S-. The van der Waals surface area contributed by atoms with E-state index in [-0.39, 0.29) is 10.3 Å². The fourth-order valence-corrected chi connectivity index (χ4v) is 2.34. The molecule has 100 valence electrons. The van der Waals surface area contributed by atoms with Crippen LogP contribution in [0, 0.1) is 0 Å². The van der Waals surface area contributed by atoms with E-state index in [0.717, 1.165) is 5.56 Å². The molecular weight excluding hydrogens is 254 g/mol. The first-order chi connectivity index (χ1) is 8.13. The van der Waals surface area contributed by atoms with E-state index < -0.39 is 22.5 Å². The van der Waals surface area contributed by atoms with Crippen molar-refractivity contribution in [2.45, 2.75) is 31.1 Å². The maximum atomic E-state index is 11.7. The third-order valence-corrected chi connectivity index (χ3v) is 3.85. The van der Waals surface area contributed by atoms with Crippen LogP contribution in [-0.2, 0) is 20.2 Å². The van der Waals surface area contributed by atoms with Crippen LogP contribution in [0.3, 0.4) is 0 Å². The summed E-state index contributed by atoms with van der Waals surface area (Å²) in [7, 11) is -3.79. The second-order valence-corrected chi connectivity index (χ2v) is 6.74. The molecule has 0 bridgehead atoms. The lowest BCUT2D eigenvalue weighted by molar-refractivity contribution is -0.303. The van der Waals surface area contributed by atoms with Crippen molar-refractivity contribution in [1.29, 1.82) is 0 Å². The molecule has 0 fully saturated rings. The molecule has 6 heteroatoms. The van der Waals surface area contributed by atoms with E-state index in [0.29, 0.717) is 0 Å². The number of hydrogen-bond donors (Lipinski definition) is 1. The topological polar surface area (TPSA) is 86.3 Å². The number of carboxylic acid groups (broad SMARTS) is 1. The highest BCUT2D eigenvalue weighted by molar-refractivity contribution is 7.89. The van der Waals surface area contributed by atoms with E-state index in [9.17, 15) is 18.3 Å². The molecule has 1 aromatic carbocycles. The lowest BCUT2D eigenvalue weighted by atomic mass is 9.87. The van der Waals surface area contributed by atoms with Crippen LogP contribution in [0.5, 0.6) is 0 Å². The normalized spacial score (nSPS) is 12.4. The van der Waals surface area contributed by atoms with Gasteiger partial charge in [-0.25, -0.2) is 13.1 Å². The standard InChI is InChI=1S/C12H17NO4S/c1-12(2,3)9-4-6-10(7-5-9)18(16,17)13-8-11(14)15/h4-7,13H,8H2,1-3H3,(H,14,15)/p-1. The molecule has 0 spiro atoms. The average molecular weight is 270 g/mol. The summed E-state index contributed by atoms with van der Waals surface area (Å²) in [4.78, 5) is 10.3. The second kappa shape index (κ2) is 5.07. The Bertz CT molecular complexity index is 526. The van der Waals surface area contributed by atoms with Gasteiger partial charge in [-0.15, -0.1) is 0 Å². The van der Waals surface area contributed by atoms with Gasteiger partial charge in [0.05, 0.1) is 17.4 Å². The Morgan fingerprint density at radius 2 is 1.72 bits per heavy atom. The summed E-state index contributed by atoms with van der Waals surface area (Å²) >= 11 is 0. The minimum Gasteiger partial charge on any atom is -0.549 e. The molecule has 0 saturated carbocycles. The largest absolute Gasteiger partial charge is 0.549 e. The van der Waals surface area contributed by atoms with Crippen LogP contribution in [0.25, 0.3) is 0 Å². The zero-order valence-corrected chi connectivity index (χ0v) is 11.4. The van der Waals surface area contributed by atoms with Crippen molar-refractivity contribution in [2.75, 3.05) is 6.54 Å². The van der Waals surface area contributed by atoms with Gasteiger partial charge < -0.3 is 9.90 Å². The summed E-state index contributed by atoms with van der Waals surface area (Å²) in [6.45, 7) is 5.32. The first-order valence-electron chi connectivity index (χ1n) is 5.43. The zero-order chi connectivity index (χ0) is 14.0. The molecule has 0 aromatic heterocycles. The predicted molar refractivity (Wildman–Crippen MR) is 65.3 cm³/mol. The number of aliphatic carboxylic acids is 1. The van der Waals surface area contributed by atoms with Crippen LogP contribution in [0.15, 0.2) is 29.2 Å². The van der Waals surface area contributed by atoms with Crippen molar-refractivity contribution in [3.63, 3.8) is 0 Å². The fourth-order valence-electron chi connectivity index (χ4n) is 1.37. The lowest BCUT2D eigenvalue weighted by Gasteiger charge is -2.19. The smallest absolute Gasteiger partial charge is 0.240 e. The molecule has 1 N–H and O–H groups in total. The number of hydrogen-bond acceptors (Lipinski definition) is 4. The quantitative estimate of drug-likeness (QED) is 0.835. The van der Waals surface area contributed by atoms with Gasteiger partial charge in [-0.3, -0.25) is 0 Å². The number of sulfonamides is 1. The third kappa shape index (κ3) is 3.82. The summed E-state index contributed by atoms with van der Waals surface area (Å²) in [5.41, 5.74) is 0.933. The van der Waals surface area contributed by atoms with Gasteiger partial charge in [-0.2, -0.15) is 0 Å². The lowest BCUT2D eigenvalue weighted by Crippen LogP contribution is -2.37. The van der Waals surface area contributed by atoms with Crippen molar-refractivity contribution in [2.24, 2.45) is 0 Å². The summed E-state index contributed by atoms with van der Waals surface area (Å²) in [6, 6.07) is 6.34. The SMILES string of the molecule is CC(C)(C)c1ccc(S(=O)(=O)NCC(=O)[O-])cc1. The van der Waals surface area contributed by atoms with Crippen molar-refractivity contribution in [1.82, 2.24) is 4.72 Å². The highest BCUT2D eigenvalue weighted by Gasteiger charge is 2.17. The third-order valence-electron chi connectivity index (χ3n) is 2.44.